The predicted molar refractivity (Wildman–Crippen MR) is 52.8 cm³/mol. The van der Waals surface area contributed by atoms with E-state index >= 15 is 0 Å². The van der Waals surface area contributed by atoms with Crippen molar-refractivity contribution in [2.45, 2.75) is 32.4 Å². The minimum Gasteiger partial charge on any atom is -0.378 e. The van der Waals surface area contributed by atoms with E-state index < -0.39 is 0 Å². The number of methoxy groups -OCH3 is 1. The van der Waals surface area contributed by atoms with E-state index in [1.807, 2.05) is 6.07 Å². The van der Waals surface area contributed by atoms with Gasteiger partial charge in [0.1, 0.15) is 6.07 Å². The van der Waals surface area contributed by atoms with Crippen molar-refractivity contribution in [3.05, 3.63) is 23.0 Å². The SMILES string of the molecule is COCc1cc(C#N)c2n1CCCC2. The Balaban J connectivity index is 2.42. The topological polar surface area (TPSA) is 37.9 Å². The van der Waals surface area contributed by atoms with Crippen LogP contribution in [0.5, 0.6) is 0 Å². The highest BCUT2D eigenvalue weighted by atomic mass is 16.5. The molecule has 0 N–H and O–H groups in total. The number of rotatable bonds is 2. The van der Waals surface area contributed by atoms with E-state index in [1.54, 1.807) is 7.11 Å². The Morgan fingerprint density at radius 3 is 3.14 bits per heavy atom. The fraction of sp³-hybridized carbons (Fsp3) is 0.545. The summed E-state index contributed by atoms with van der Waals surface area (Å²) in [6, 6.07) is 4.22. The zero-order chi connectivity index (χ0) is 9.97. The Morgan fingerprint density at radius 2 is 2.43 bits per heavy atom. The van der Waals surface area contributed by atoms with Crippen molar-refractivity contribution < 1.29 is 4.74 Å². The quantitative estimate of drug-likeness (QED) is 0.713. The van der Waals surface area contributed by atoms with Gasteiger partial charge in [0.25, 0.3) is 0 Å². The Bertz CT molecular complexity index is 373. The summed E-state index contributed by atoms with van der Waals surface area (Å²) in [5, 5.41) is 8.97. The van der Waals surface area contributed by atoms with Crippen molar-refractivity contribution in [1.29, 1.82) is 5.26 Å². The van der Waals surface area contributed by atoms with Crippen LogP contribution in [0.15, 0.2) is 6.07 Å². The Hall–Kier alpha value is -1.27. The predicted octanol–water partition coefficient (Wildman–Crippen LogP) is 1.84. The average Bonchev–Trinajstić information content (AvgIpc) is 2.58. The molecule has 2 heterocycles. The van der Waals surface area contributed by atoms with Crippen LogP contribution in [0, 0.1) is 11.3 Å². The molecule has 14 heavy (non-hydrogen) atoms. The summed E-state index contributed by atoms with van der Waals surface area (Å²) >= 11 is 0. The van der Waals surface area contributed by atoms with Gasteiger partial charge in [0.15, 0.2) is 0 Å². The molecule has 2 rings (SSSR count). The lowest BCUT2D eigenvalue weighted by Gasteiger charge is -2.17. The third-order valence-corrected chi connectivity index (χ3v) is 2.75. The van der Waals surface area contributed by atoms with Gasteiger partial charge in [-0.3, -0.25) is 0 Å². The lowest BCUT2D eigenvalue weighted by Crippen LogP contribution is -2.13. The third kappa shape index (κ3) is 1.42. The number of aromatic nitrogens is 1. The smallest absolute Gasteiger partial charge is 0.101 e. The van der Waals surface area contributed by atoms with Crippen LogP contribution in [0.3, 0.4) is 0 Å². The number of ether oxygens (including phenoxy) is 1. The summed E-state index contributed by atoms with van der Waals surface area (Å²) in [5.74, 6) is 0. The fourth-order valence-corrected chi connectivity index (χ4v) is 2.12. The lowest BCUT2D eigenvalue weighted by atomic mass is 10.1. The van der Waals surface area contributed by atoms with E-state index in [9.17, 15) is 0 Å². The van der Waals surface area contributed by atoms with Crippen molar-refractivity contribution in [1.82, 2.24) is 4.57 Å². The van der Waals surface area contributed by atoms with Crippen LogP contribution in [-0.4, -0.2) is 11.7 Å². The molecule has 0 bridgehead atoms. The summed E-state index contributed by atoms with van der Waals surface area (Å²) in [6.07, 6.45) is 3.45. The first-order chi connectivity index (χ1) is 6.86. The van der Waals surface area contributed by atoms with E-state index in [0.29, 0.717) is 6.61 Å². The van der Waals surface area contributed by atoms with E-state index in [0.717, 1.165) is 24.2 Å². The maximum atomic E-state index is 8.97. The molecular formula is C11H14N2O. The number of hydrogen-bond acceptors (Lipinski definition) is 2. The molecule has 0 aliphatic carbocycles. The molecule has 0 spiro atoms. The lowest BCUT2D eigenvalue weighted by molar-refractivity contribution is 0.177. The molecule has 0 radical (unpaired) electrons. The molecular weight excluding hydrogens is 176 g/mol. The molecule has 3 nitrogen and oxygen atoms in total. The molecule has 0 fully saturated rings. The highest BCUT2D eigenvalue weighted by Gasteiger charge is 2.17. The molecule has 0 atom stereocenters. The first-order valence-electron chi connectivity index (χ1n) is 4.97. The van der Waals surface area contributed by atoms with Gasteiger partial charge in [0, 0.05) is 25.0 Å². The van der Waals surface area contributed by atoms with Gasteiger partial charge in [-0.1, -0.05) is 0 Å². The average molecular weight is 190 g/mol. The molecule has 0 unspecified atom stereocenters. The minimum absolute atomic E-state index is 0.606. The van der Waals surface area contributed by atoms with E-state index in [2.05, 4.69) is 10.6 Å². The van der Waals surface area contributed by atoms with E-state index in [1.165, 1.54) is 18.5 Å². The molecule has 1 aliphatic heterocycles. The largest absolute Gasteiger partial charge is 0.378 e. The van der Waals surface area contributed by atoms with Crippen LogP contribution in [-0.2, 0) is 24.3 Å². The second-order valence-corrected chi connectivity index (χ2v) is 3.65. The molecule has 0 amide bonds. The maximum absolute atomic E-state index is 8.97. The Kier molecular flexibility index (Phi) is 2.55. The Morgan fingerprint density at radius 1 is 1.57 bits per heavy atom. The van der Waals surface area contributed by atoms with Gasteiger partial charge in [-0.25, -0.2) is 0 Å². The second-order valence-electron chi connectivity index (χ2n) is 3.65. The van der Waals surface area contributed by atoms with Crippen LogP contribution in [0.1, 0.15) is 29.8 Å². The number of nitrogens with zero attached hydrogens (tertiary/aromatic N) is 2. The first-order valence-corrected chi connectivity index (χ1v) is 4.97. The molecule has 74 valence electrons. The van der Waals surface area contributed by atoms with E-state index in [-0.39, 0.29) is 0 Å². The summed E-state index contributed by atoms with van der Waals surface area (Å²) in [5.41, 5.74) is 3.17. The van der Waals surface area contributed by atoms with Crippen molar-refractivity contribution in [2.75, 3.05) is 7.11 Å². The van der Waals surface area contributed by atoms with Crippen LogP contribution >= 0.6 is 0 Å². The van der Waals surface area contributed by atoms with Gasteiger partial charge < -0.3 is 9.30 Å². The molecule has 1 aliphatic rings. The van der Waals surface area contributed by atoms with Gasteiger partial charge in [-0.05, 0) is 25.3 Å². The molecule has 3 heteroatoms. The standard InChI is InChI=1S/C11H14N2O/c1-14-8-10-6-9(7-12)11-4-2-3-5-13(10)11/h6H,2-5,8H2,1H3. The maximum Gasteiger partial charge on any atom is 0.101 e. The third-order valence-electron chi connectivity index (χ3n) is 2.75. The van der Waals surface area contributed by atoms with Crippen molar-refractivity contribution >= 4 is 0 Å². The summed E-state index contributed by atoms with van der Waals surface area (Å²) in [7, 11) is 1.69. The van der Waals surface area contributed by atoms with Crippen LogP contribution < -0.4 is 0 Å². The normalized spacial score (nSPS) is 14.9. The molecule has 0 saturated carbocycles. The fourth-order valence-electron chi connectivity index (χ4n) is 2.12. The minimum atomic E-state index is 0.606. The van der Waals surface area contributed by atoms with Crippen LogP contribution in [0.25, 0.3) is 0 Å². The summed E-state index contributed by atoms with van der Waals surface area (Å²) in [6.45, 7) is 1.64. The molecule has 1 aromatic heterocycles. The molecule has 0 aromatic carbocycles. The van der Waals surface area contributed by atoms with Gasteiger partial charge in [-0.2, -0.15) is 5.26 Å². The monoisotopic (exact) mass is 190 g/mol. The van der Waals surface area contributed by atoms with Gasteiger partial charge in [0.2, 0.25) is 0 Å². The summed E-state index contributed by atoms with van der Waals surface area (Å²) < 4.78 is 7.36. The highest BCUT2D eigenvalue weighted by molar-refractivity contribution is 5.39. The number of hydrogen-bond donors (Lipinski definition) is 0. The van der Waals surface area contributed by atoms with Crippen molar-refractivity contribution in [3.63, 3.8) is 0 Å². The Labute approximate surface area is 83.9 Å². The van der Waals surface area contributed by atoms with Crippen LogP contribution in [0.4, 0.5) is 0 Å². The number of fused-ring (bicyclic) bond motifs is 1. The van der Waals surface area contributed by atoms with Crippen LogP contribution in [0.2, 0.25) is 0 Å². The highest BCUT2D eigenvalue weighted by Crippen LogP contribution is 2.23. The number of nitriles is 1. The zero-order valence-corrected chi connectivity index (χ0v) is 8.42. The van der Waals surface area contributed by atoms with Crippen molar-refractivity contribution in [3.8, 4) is 6.07 Å². The molecule has 0 saturated heterocycles. The van der Waals surface area contributed by atoms with E-state index in [4.69, 9.17) is 10.00 Å². The zero-order valence-electron chi connectivity index (χ0n) is 8.42. The summed E-state index contributed by atoms with van der Waals surface area (Å²) in [4.78, 5) is 0. The first kappa shape index (κ1) is 9.29. The van der Waals surface area contributed by atoms with Gasteiger partial charge in [-0.15, -0.1) is 0 Å². The second kappa shape index (κ2) is 3.85. The molecule has 1 aromatic rings. The van der Waals surface area contributed by atoms with Gasteiger partial charge in [0.05, 0.1) is 12.2 Å². The van der Waals surface area contributed by atoms with Crippen molar-refractivity contribution in [2.24, 2.45) is 0 Å². The van der Waals surface area contributed by atoms with Gasteiger partial charge >= 0.3 is 0 Å².